The minimum atomic E-state index is -3.47. The van der Waals surface area contributed by atoms with Gasteiger partial charge in [-0.1, -0.05) is 5.16 Å². The Morgan fingerprint density at radius 1 is 1.24 bits per heavy atom. The average Bonchev–Trinajstić information content (AvgIpc) is 3.03. The fourth-order valence-electron chi connectivity index (χ4n) is 3.04. The molecule has 0 aliphatic carbocycles. The highest BCUT2D eigenvalue weighted by Gasteiger charge is 2.31. The second-order valence-corrected chi connectivity index (χ2v) is 10.0. The standard InChI is InChI=1S/C18H25N5O4S2/c1-13-16(14(2)27-20-13)12-28-17-15(6-5-7-19-17)18(24)22-8-10-23(11-9-22)29(25,26)21(3)4/h5-7H,8-12H2,1-4H3. The Labute approximate surface area is 175 Å². The lowest BCUT2D eigenvalue weighted by Crippen LogP contribution is -2.53. The van der Waals surface area contributed by atoms with Crippen LogP contribution in [0.3, 0.4) is 0 Å². The number of hydrogen-bond donors (Lipinski definition) is 0. The van der Waals surface area contributed by atoms with E-state index in [2.05, 4.69) is 10.1 Å². The Hall–Kier alpha value is -1.95. The number of hydrogen-bond acceptors (Lipinski definition) is 7. The summed E-state index contributed by atoms with van der Waals surface area (Å²) in [5.74, 6) is 1.23. The summed E-state index contributed by atoms with van der Waals surface area (Å²) in [6.45, 7) is 4.98. The molecule has 0 spiro atoms. The fourth-order valence-corrected chi connectivity index (χ4v) is 5.27. The minimum absolute atomic E-state index is 0.138. The number of aromatic nitrogens is 2. The second kappa shape index (κ2) is 8.82. The van der Waals surface area contributed by atoms with Crippen LogP contribution in [0.15, 0.2) is 27.9 Å². The van der Waals surface area contributed by atoms with Crippen molar-refractivity contribution in [3.63, 3.8) is 0 Å². The number of carbonyl (C=O) groups is 1. The first-order valence-corrected chi connectivity index (χ1v) is 11.6. The van der Waals surface area contributed by atoms with Gasteiger partial charge in [0.2, 0.25) is 0 Å². The van der Waals surface area contributed by atoms with Gasteiger partial charge in [0, 0.05) is 57.8 Å². The van der Waals surface area contributed by atoms with Crippen LogP contribution >= 0.6 is 11.8 Å². The highest BCUT2D eigenvalue weighted by atomic mass is 32.2. The maximum Gasteiger partial charge on any atom is 0.281 e. The van der Waals surface area contributed by atoms with Crippen LogP contribution in [0.4, 0.5) is 0 Å². The van der Waals surface area contributed by atoms with Crippen molar-refractivity contribution in [2.45, 2.75) is 24.6 Å². The number of amides is 1. The van der Waals surface area contributed by atoms with Crippen molar-refractivity contribution in [1.82, 2.24) is 23.7 Å². The molecule has 0 saturated carbocycles. The predicted octanol–water partition coefficient (Wildman–Crippen LogP) is 1.54. The lowest BCUT2D eigenvalue weighted by atomic mass is 10.2. The number of rotatable bonds is 6. The molecule has 0 unspecified atom stereocenters. The molecule has 1 fully saturated rings. The molecular formula is C18H25N5O4S2. The normalized spacial score (nSPS) is 15.8. The molecule has 3 rings (SSSR count). The van der Waals surface area contributed by atoms with Crippen LogP contribution in [0.5, 0.6) is 0 Å². The summed E-state index contributed by atoms with van der Waals surface area (Å²) in [5, 5.41) is 4.60. The van der Waals surface area contributed by atoms with Gasteiger partial charge in [-0.15, -0.1) is 11.8 Å². The molecule has 0 aromatic carbocycles. The van der Waals surface area contributed by atoms with Crippen LogP contribution < -0.4 is 0 Å². The Morgan fingerprint density at radius 3 is 2.52 bits per heavy atom. The zero-order chi connectivity index (χ0) is 21.2. The molecule has 29 heavy (non-hydrogen) atoms. The Bertz CT molecular complexity index is 962. The summed E-state index contributed by atoms with van der Waals surface area (Å²) in [7, 11) is -0.457. The molecule has 1 amide bonds. The SMILES string of the molecule is Cc1noc(C)c1CSc1ncccc1C(=O)N1CCN(S(=O)(=O)N(C)C)CC1. The first-order chi connectivity index (χ1) is 13.7. The third kappa shape index (κ3) is 4.63. The summed E-state index contributed by atoms with van der Waals surface area (Å²) < 4.78 is 32.3. The van der Waals surface area contributed by atoms with Crippen LogP contribution in [0.2, 0.25) is 0 Å². The van der Waals surface area contributed by atoms with Gasteiger partial charge in [0.15, 0.2) is 0 Å². The zero-order valence-electron chi connectivity index (χ0n) is 17.0. The van der Waals surface area contributed by atoms with E-state index >= 15 is 0 Å². The van der Waals surface area contributed by atoms with E-state index in [0.717, 1.165) is 17.0 Å². The van der Waals surface area contributed by atoms with Crippen LogP contribution in [-0.2, 0) is 16.0 Å². The molecule has 0 bridgehead atoms. The Kier molecular flexibility index (Phi) is 6.62. The van der Waals surface area contributed by atoms with Crippen molar-refractivity contribution in [1.29, 1.82) is 0 Å². The Morgan fingerprint density at radius 2 is 1.93 bits per heavy atom. The molecule has 0 N–H and O–H groups in total. The third-order valence-electron chi connectivity index (χ3n) is 4.85. The highest BCUT2D eigenvalue weighted by molar-refractivity contribution is 7.98. The van der Waals surface area contributed by atoms with Crippen molar-refractivity contribution < 1.29 is 17.7 Å². The lowest BCUT2D eigenvalue weighted by Gasteiger charge is -2.35. The largest absolute Gasteiger partial charge is 0.361 e. The molecule has 3 heterocycles. The van der Waals surface area contributed by atoms with Gasteiger partial charge in [-0.3, -0.25) is 4.79 Å². The predicted molar refractivity (Wildman–Crippen MR) is 110 cm³/mol. The fraction of sp³-hybridized carbons (Fsp3) is 0.500. The molecule has 0 radical (unpaired) electrons. The van der Waals surface area contributed by atoms with Gasteiger partial charge in [0.1, 0.15) is 10.8 Å². The van der Waals surface area contributed by atoms with E-state index in [9.17, 15) is 13.2 Å². The highest BCUT2D eigenvalue weighted by Crippen LogP contribution is 2.28. The first kappa shape index (κ1) is 21.8. The summed E-state index contributed by atoms with van der Waals surface area (Å²) >= 11 is 1.46. The topological polar surface area (TPSA) is 99.9 Å². The van der Waals surface area contributed by atoms with E-state index in [4.69, 9.17) is 4.52 Å². The van der Waals surface area contributed by atoms with E-state index in [1.54, 1.807) is 23.2 Å². The number of pyridine rings is 1. The zero-order valence-corrected chi connectivity index (χ0v) is 18.6. The summed E-state index contributed by atoms with van der Waals surface area (Å²) in [6.07, 6.45) is 1.66. The van der Waals surface area contributed by atoms with Crippen molar-refractivity contribution in [3.05, 3.63) is 40.9 Å². The van der Waals surface area contributed by atoms with Crippen molar-refractivity contribution in [2.75, 3.05) is 40.3 Å². The molecule has 11 heteroatoms. The van der Waals surface area contributed by atoms with Gasteiger partial charge < -0.3 is 9.42 Å². The number of aryl methyl sites for hydroxylation is 2. The van der Waals surface area contributed by atoms with Crippen LogP contribution in [0, 0.1) is 13.8 Å². The third-order valence-corrected chi connectivity index (χ3v) is 7.82. The monoisotopic (exact) mass is 439 g/mol. The van der Waals surface area contributed by atoms with E-state index < -0.39 is 10.2 Å². The van der Waals surface area contributed by atoms with Crippen molar-refractivity contribution >= 4 is 27.9 Å². The Balaban J connectivity index is 1.69. The van der Waals surface area contributed by atoms with E-state index in [-0.39, 0.29) is 19.0 Å². The number of nitrogens with zero attached hydrogens (tertiary/aromatic N) is 5. The van der Waals surface area contributed by atoms with Gasteiger partial charge in [-0.25, -0.2) is 4.98 Å². The molecule has 1 aliphatic heterocycles. The molecule has 2 aromatic rings. The van der Waals surface area contributed by atoms with Gasteiger partial charge >= 0.3 is 0 Å². The van der Waals surface area contributed by atoms with Gasteiger partial charge in [0.25, 0.3) is 16.1 Å². The number of piperazine rings is 1. The van der Waals surface area contributed by atoms with E-state index in [1.165, 1.54) is 34.5 Å². The van der Waals surface area contributed by atoms with E-state index in [1.807, 2.05) is 13.8 Å². The van der Waals surface area contributed by atoms with Crippen LogP contribution in [-0.4, -0.2) is 78.3 Å². The van der Waals surface area contributed by atoms with Crippen LogP contribution in [0.25, 0.3) is 0 Å². The maximum absolute atomic E-state index is 13.1. The van der Waals surface area contributed by atoms with E-state index in [0.29, 0.717) is 29.4 Å². The second-order valence-electron chi connectivity index (χ2n) is 6.93. The quantitative estimate of drug-likeness (QED) is 0.630. The number of thioether (sulfide) groups is 1. The van der Waals surface area contributed by atoms with Crippen molar-refractivity contribution in [3.8, 4) is 0 Å². The maximum atomic E-state index is 13.1. The lowest BCUT2D eigenvalue weighted by molar-refractivity contribution is 0.0691. The number of carbonyl (C=O) groups excluding carboxylic acids is 1. The molecule has 2 aromatic heterocycles. The van der Waals surface area contributed by atoms with Gasteiger partial charge in [-0.05, 0) is 26.0 Å². The molecule has 9 nitrogen and oxygen atoms in total. The van der Waals surface area contributed by atoms with Crippen LogP contribution in [0.1, 0.15) is 27.4 Å². The van der Waals surface area contributed by atoms with Gasteiger partial charge in [0.05, 0.1) is 11.3 Å². The molecule has 1 aliphatic rings. The minimum Gasteiger partial charge on any atom is -0.361 e. The average molecular weight is 440 g/mol. The molecule has 158 valence electrons. The molecular weight excluding hydrogens is 414 g/mol. The first-order valence-electron chi connectivity index (χ1n) is 9.18. The van der Waals surface area contributed by atoms with Gasteiger partial charge in [-0.2, -0.15) is 17.0 Å². The summed E-state index contributed by atoms with van der Waals surface area (Å²) in [5.41, 5.74) is 2.35. The summed E-state index contributed by atoms with van der Waals surface area (Å²) in [6, 6.07) is 3.49. The molecule has 0 atom stereocenters. The smallest absolute Gasteiger partial charge is 0.281 e. The molecule has 1 saturated heterocycles. The van der Waals surface area contributed by atoms with Crippen molar-refractivity contribution in [2.24, 2.45) is 0 Å². The summed E-state index contributed by atoms with van der Waals surface area (Å²) in [4.78, 5) is 19.1.